The van der Waals surface area contributed by atoms with Crippen molar-refractivity contribution in [2.75, 3.05) is 19.7 Å². The second-order valence-corrected chi connectivity index (χ2v) is 4.25. The van der Waals surface area contributed by atoms with Crippen LogP contribution in [-0.4, -0.2) is 36.8 Å². The van der Waals surface area contributed by atoms with Gasteiger partial charge >= 0.3 is 6.18 Å². The van der Waals surface area contributed by atoms with Crippen LogP contribution in [0.15, 0.2) is 23.5 Å². The Balaban J connectivity index is 1.95. The Morgan fingerprint density at radius 1 is 1.40 bits per heavy atom. The number of alkyl halides is 3. The van der Waals surface area contributed by atoms with E-state index in [4.69, 9.17) is 4.74 Å². The van der Waals surface area contributed by atoms with E-state index in [1.54, 1.807) is 6.07 Å². The van der Waals surface area contributed by atoms with Gasteiger partial charge in [0.15, 0.2) is 12.6 Å². The van der Waals surface area contributed by atoms with Gasteiger partial charge < -0.3 is 15.4 Å². The summed E-state index contributed by atoms with van der Waals surface area (Å²) in [6.07, 6.45) is -0.609. The van der Waals surface area contributed by atoms with Gasteiger partial charge in [0.2, 0.25) is 0 Å². The van der Waals surface area contributed by atoms with Crippen LogP contribution in [0.5, 0.6) is 5.75 Å². The summed E-state index contributed by atoms with van der Waals surface area (Å²) in [5.74, 6) is 0.767. The van der Waals surface area contributed by atoms with Gasteiger partial charge in [-0.1, -0.05) is 0 Å². The number of nitrogens with zero attached hydrogens (tertiary/aromatic N) is 2. The lowest BCUT2D eigenvalue weighted by Gasteiger charge is -2.17. The number of nitrogens with one attached hydrogen (secondary N) is 2. The van der Waals surface area contributed by atoms with Crippen molar-refractivity contribution in [2.45, 2.75) is 19.1 Å². The van der Waals surface area contributed by atoms with Crippen molar-refractivity contribution < 1.29 is 17.9 Å². The van der Waals surface area contributed by atoms with Crippen molar-refractivity contribution in [3.63, 3.8) is 0 Å². The molecule has 8 heteroatoms. The van der Waals surface area contributed by atoms with Crippen LogP contribution < -0.4 is 15.4 Å². The number of hydrogen-bond donors (Lipinski definition) is 2. The third-order valence-electron chi connectivity index (χ3n) is 2.60. The van der Waals surface area contributed by atoms with E-state index in [0.29, 0.717) is 18.1 Å². The Bertz CT molecular complexity index is 476. The summed E-state index contributed by atoms with van der Waals surface area (Å²) in [4.78, 5) is 7.99. The maximum atomic E-state index is 12.2. The molecular weight excluding hydrogens is 273 g/mol. The molecule has 0 amide bonds. The van der Waals surface area contributed by atoms with Crippen molar-refractivity contribution in [1.82, 2.24) is 15.6 Å². The molecule has 0 atom stereocenters. The number of ether oxygens (including phenoxy) is 1. The number of guanidine groups is 1. The molecule has 1 aliphatic heterocycles. The average Bonchev–Trinajstić information content (AvgIpc) is 2.44. The molecule has 0 fully saturated rings. The van der Waals surface area contributed by atoms with E-state index in [0.717, 1.165) is 19.5 Å². The number of rotatable bonds is 4. The largest absolute Gasteiger partial charge is 0.482 e. The fourth-order valence-electron chi connectivity index (χ4n) is 1.67. The Morgan fingerprint density at radius 2 is 2.25 bits per heavy atom. The van der Waals surface area contributed by atoms with Gasteiger partial charge in [-0.3, -0.25) is 9.98 Å². The predicted octanol–water partition coefficient (Wildman–Crippen LogP) is 1.46. The quantitative estimate of drug-likeness (QED) is 0.880. The fraction of sp³-hybridized carbons (Fsp3) is 0.500. The summed E-state index contributed by atoms with van der Waals surface area (Å²) in [7, 11) is 0. The lowest BCUT2D eigenvalue weighted by Crippen LogP contribution is -2.40. The SMILES string of the molecule is FC(F)(F)COc1cnccc1CNC1=NCCCN1. The third-order valence-corrected chi connectivity index (χ3v) is 2.60. The zero-order valence-corrected chi connectivity index (χ0v) is 10.7. The number of aliphatic imine (C=N–C) groups is 1. The molecule has 0 aromatic carbocycles. The zero-order valence-electron chi connectivity index (χ0n) is 10.7. The molecule has 0 bridgehead atoms. The molecule has 1 aliphatic rings. The molecule has 0 saturated carbocycles. The van der Waals surface area contributed by atoms with E-state index in [1.165, 1.54) is 12.4 Å². The smallest absolute Gasteiger partial charge is 0.422 e. The highest BCUT2D eigenvalue weighted by atomic mass is 19.4. The van der Waals surface area contributed by atoms with Crippen molar-refractivity contribution in [1.29, 1.82) is 0 Å². The van der Waals surface area contributed by atoms with E-state index < -0.39 is 12.8 Å². The Hall–Kier alpha value is -1.99. The van der Waals surface area contributed by atoms with Crippen LogP contribution in [0.25, 0.3) is 0 Å². The minimum absolute atomic E-state index is 0.119. The molecule has 5 nitrogen and oxygen atoms in total. The molecular formula is C12H15F3N4O. The first-order chi connectivity index (χ1) is 9.54. The Labute approximate surface area is 114 Å². The first-order valence-electron chi connectivity index (χ1n) is 6.19. The van der Waals surface area contributed by atoms with Crippen LogP contribution >= 0.6 is 0 Å². The van der Waals surface area contributed by atoms with Crippen LogP contribution in [0.3, 0.4) is 0 Å². The minimum atomic E-state index is -4.37. The summed E-state index contributed by atoms with van der Waals surface area (Å²) in [5.41, 5.74) is 0.597. The highest BCUT2D eigenvalue weighted by molar-refractivity contribution is 5.80. The Morgan fingerprint density at radius 3 is 2.95 bits per heavy atom. The number of halogens is 3. The van der Waals surface area contributed by atoms with Crippen LogP contribution in [0.4, 0.5) is 13.2 Å². The zero-order chi connectivity index (χ0) is 14.4. The highest BCUT2D eigenvalue weighted by Crippen LogP contribution is 2.21. The molecule has 0 radical (unpaired) electrons. The molecule has 0 unspecified atom stereocenters. The first kappa shape index (κ1) is 14.4. The second kappa shape index (κ2) is 6.44. The second-order valence-electron chi connectivity index (χ2n) is 4.25. The molecule has 1 aromatic heterocycles. The summed E-state index contributed by atoms with van der Waals surface area (Å²) in [5, 5.41) is 6.09. The lowest BCUT2D eigenvalue weighted by atomic mass is 10.2. The monoisotopic (exact) mass is 288 g/mol. The average molecular weight is 288 g/mol. The highest BCUT2D eigenvalue weighted by Gasteiger charge is 2.28. The molecule has 2 heterocycles. The summed E-state index contributed by atoms with van der Waals surface area (Å²) < 4.78 is 41.2. The molecule has 2 N–H and O–H groups in total. The van der Waals surface area contributed by atoms with E-state index >= 15 is 0 Å². The van der Waals surface area contributed by atoms with Crippen LogP contribution in [-0.2, 0) is 6.54 Å². The fourth-order valence-corrected chi connectivity index (χ4v) is 1.67. The maximum Gasteiger partial charge on any atom is 0.422 e. The number of aromatic nitrogens is 1. The van der Waals surface area contributed by atoms with E-state index in [-0.39, 0.29) is 5.75 Å². The molecule has 1 aromatic rings. The topological polar surface area (TPSA) is 58.5 Å². The van der Waals surface area contributed by atoms with Crippen LogP contribution in [0, 0.1) is 0 Å². The van der Waals surface area contributed by atoms with Crippen LogP contribution in [0.1, 0.15) is 12.0 Å². The summed E-state index contributed by atoms with van der Waals surface area (Å²) in [6.45, 7) is 0.565. The molecule has 2 rings (SSSR count). The summed E-state index contributed by atoms with van der Waals surface area (Å²) >= 11 is 0. The van der Waals surface area contributed by atoms with Gasteiger partial charge in [-0.05, 0) is 12.5 Å². The van der Waals surface area contributed by atoms with Crippen molar-refractivity contribution in [2.24, 2.45) is 4.99 Å². The van der Waals surface area contributed by atoms with Crippen molar-refractivity contribution >= 4 is 5.96 Å². The molecule has 0 aliphatic carbocycles. The van der Waals surface area contributed by atoms with Gasteiger partial charge in [0.25, 0.3) is 0 Å². The van der Waals surface area contributed by atoms with Crippen molar-refractivity contribution in [3.8, 4) is 5.75 Å². The van der Waals surface area contributed by atoms with Gasteiger partial charge in [0, 0.05) is 31.4 Å². The van der Waals surface area contributed by atoms with Gasteiger partial charge in [-0.2, -0.15) is 13.2 Å². The lowest BCUT2D eigenvalue weighted by molar-refractivity contribution is -0.153. The minimum Gasteiger partial charge on any atom is -0.482 e. The van der Waals surface area contributed by atoms with Crippen molar-refractivity contribution in [3.05, 3.63) is 24.0 Å². The molecule has 20 heavy (non-hydrogen) atoms. The molecule has 110 valence electrons. The van der Waals surface area contributed by atoms with Gasteiger partial charge in [-0.15, -0.1) is 0 Å². The van der Waals surface area contributed by atoms with Crippen LogP contribution in [0.2, 0.25) is 0 Å². The summed E-state index contributed by atoms with van der Waals surface area (Å²) in [6, 6.07) is 1.61. The predicted molar refractivity (Wildman–Crippen MR) is 67.5 cm³/mol. The normalized spacial score (nSPS) is 15.2. The first-order valence-corrected chi connectivity index (χ1v) is 6.19. The molecule has 0 spiro atoms. The van der Waals surface area contributed by atoms with E-state index in [1.807, 2.05) is 0 Å². The van der Waals surface area contributed by atoms with E-state index in [9.17, 15) is 13.2 Å². The van der Waals surface area contributed by atoms with Gasteiger partial charge in [-0.25, -0.2) is 0 Å². The standard InChI is InChI=1S/C12H15F3N4O/c13-12(14,15)8-20-10-7-16-5-2-9(10)6-19-11-17-3-1-4-18-11/h2,5,7H,1,3-4,6,8H2,(H2,17,18,19). The maximum absolute atomic E-state index is 12.2. The third kappa shape index (κ3) is 4.60. The Kier molecular flexibility index (Phi) is 4.65. The van der Waals surface area contributed by atoms with E-state index in [2.05, 4.69) is 20.6 Å². The molecule has 0 saturated heterocycles. The number of pyridine rings is 1. The van der Waals surface area contributed by atoms with Gasteiger partial charge in [0.1, 0.15) is 5.75 Å². The number of hydrogen-bond acceptors (Lipinski definition) is 5. The van der Waals surface area contributed by atoms with Gasteiger partial charge in [0.05, 0.1) is 6.20 Å².